The number of rotatable bonds is 23. The second-order valence-corrected chi connectivity index (χ2v) is 14.8. The van der Waals surface area contributed by atoms with Crippen molar-refractivity contribution in [2.24, 2.45) is 0 Å². The number of thioether (sulfide) groups is 1. The molecule has 1 rings (SSSR count). The van der Waals surface area contributed by atoms with E-state index in [9.17, 15) is 19.3 Å². The van der Waals surface area contributed by atoms with Crippen LogP contribution in [0, 0.1) is 0 Å². The van der Waals surface area contributed by atoms with Gasteiger partial charge in [0.2, 0.25) is 11.8 Å². The number of ether oxygens (including phenoxy) is 4. The van der Waals surface area contributed by atoms with Gasteiger partial charge in [0, 0.05) is 0 Å². The predicted molar refractivity (Wildman–Crippen MR) is 159 cm³/mol. The van der Waals surface area contributed by atoms with Crippen molar-refractivity contribution in [1.82, 2.24) is 9.97 Å². The van der Waals surface area contributed by atoms with Crippen LogP contribution in [0.25, 0.3) is 0 Å². The van der Waals surface area contributed by atoms with E-state index in [1.807, 2.05) is 0 Å². The molecule has 0 aliphatic rings. The Kier molecular flexibility index (Phi) is 18.2. The molecule has 0 radical (unpaired) electrons. The van der Waals surface area contributed by atoms with Gasteiger partial charge in [0.25, 0.3) is 0 Å². The van der Waals surface area contributed by atoms with E-state index in [1.54, 1.807) is 61.6 Å². The van der Waals surface area contributed by atoms with Crippen LogP contribution in [0.3, 0.4) is 0 Å². The van der Waals surface area contributed by atoms with Crippen LogP contribution in [0.15, 0.2) is 11.2 Å². The molecule has 0 amide bonds. The molecular weight excluding hydrogens is 614 g/mol. The minimum atomic E-state index is -3.57. The van der Waals surface area contributed by atoms with E-state index in [0.717, 1.165) is 0 Å². The van der Waals surface area contributed by atoms with Crippen molar-refractivity contribution in [2.45, 2.75) is 97.2 Å². The lowest BCUT2D eigenvalue weighted by Gasteiger charge is -2.25. The molecule has 1 heterocycles. The first-order chi connectivity index (χ1) is 19.6. The molecule has 1 aromatic heterocycles. The van der Waals surface area contributed by atoms with E-state index in [-0.39, 0.29) is 62.1 Å². The standard InChI is InChI=1S/C25H48N2O12P2S/c1-17(2)36-40(30,37-18(3)4)15-34-21(11-28)13-32-23-10-24(27-25(26-23)42-9)33-14-22(12-29)35-16-41(31,38-19(5)6)39-20(7)8/h10,17-22,28-29H,11-16H2,1-9H3/t21-,22-/m0/s1. The Bertz CT molecular complexity index is 902. The van der Waals surface area contributed by atoms with Gasteiger partial charge in [-0.1, -0.05) is 11.8 Å². The molecule has 0 aliphatic carbocycles. The first-order valence-electron chi connectivity index (χ1n) is 13.7. The highest BCUT2D eigenvalue weighted by atomic mass is 32.2. The molecule has 1 aromatic rings. The average Bonchev–Trinajstić information content (AvgIpc) is 2.86. The maximum absolute atomic E-state index is 13.0. The van der Waals surface area contributed by atoms with Gasteiger partial charge in [0.1, 0.15) is 38.1 Å². The third-order valence-corrected chi connectivity index (χ3v) is 8.95. The molecule has 0 aromatic carbocycles. The fourth-order valence-corrected chi connectivity index (χ4v) is 7.20. The van der Waals surface area contributed by atoms with Crippen LogP contribution < -0.4 is 9.47 Å². The van der Waals surface area contributed by atoms with E-state index in [0.29, 0.717) is 5.16 Å². The zero-order valence-electron chi connectivity index (χ0n) is 26.0. The van der Waals surface area contributed by atoms with Gasteiger partial charge >= 0.3 is 15.2 Å². The zero-order chi connectivity index (χ0) is 31.9. The summed E-state index contributed by atoms with van der Waals surface area (Å²) in [6.45, 7) is 12.8. The lowest BCUT2D eigenvalue weighted by atomic mass is 10.4. The zero-order valence-corrected chi connectivity index (χ0v) is 28.6. The number of aromatic nitrogens is 2. The summed E-state index contributed by atoms with van der Waals surface area (Å²) in [5.41, 5.74) is 0. The maximum atomic E-state index is 13.0. The highest BCUT2D eigenvalue weighted by Gasteiger charge is 2.31. The van der Waals surface area contributed by atoms with Gasteiger partial charge in [-0.2, -0.15) is 9.97 Å². The summed E-state index contributed by atoms with van der Waals surface area (Å²) in [7, 11) is -7.14. The monoisotopic (exact) mass is 662 g/mol. The molecule has 2 atom stereocenters. The van der Waals surface area contributed by atoms with Crippen LogP contribution in [0.5, 0.6) is 11.8 Å². The third kappa shape index (κ3) is 16.3. The summed E-state index contributed by atoms with van der Waals surface area (Å²) >= 11 is 1.24. The molecule has 42 heavy (non-hydrogen) atoms. The highest BCUT2D eigenvalue weighted by molar-refractivity contribution is 7.98. The highest BCUT2D eigenvalue weighted by Crippen LogP contribution is 2.51. The van der Waals surface area contributed by atoms with E-state index in [1.165, 1.54) is 17.8 Å². The Morgan fingerprint density at radius 3 is 1.29 bits per heavy atom. The molecule has 0 spiro atoms. The van der Waals surface area contributed by atoms with E-state index >= 15 is 0 Å². The maximum Gasteiger partial charge on any atom is 0.356 e. The minimum Gasteiger partial charge on any atom is -0.475 e. The molecule has 0 bridgehead atoms. The molecule has 0 fully saturated rings. The van der Waals surface area contributed by atoms with Crippen molar-refractivity contribution < 1.29 is 56.4 Å². The molecule has 0 saturated heterocycles. The van der Waals surface area contributed by atoms with Crippen LogP contribution in [-0.2, 0) is 36.7 Å². The molecule has 0 saturated carbocycles. The Morgan fingerprint density at radius 2 is 1.02 bits per heavy atom. The lowest BCUT2D eigenvalue weighted by Crippen LogP contribution is -2.28. The minimum absolute atomic E-state index is 0.131. The fraction of sp³-hybridized carbons (Fsp3) is 0.840. The number of nitrogens with zero attached hydrogens (tertiary/aromatic N) is 2. The predicted octanol–water partition coefficient (Wildman–Crippen LogP) is 4.71. The molecule has 0 unspecified atom stereocenters. The average molecular weight is 663 g/mol. The third-order valence-electron chi connectivity index (χ3n) is 4.51. The first-order valence-corrected chi connectivity index (χ1v) is 18.4. The summed E-state index contributed by atoms with van der Waals surface area (Å²) in [5, 5.41) is 19.9. The van der Waals surface area contributed by atoms with Crippen LogP contribution in [0.2, 0.25) is 0 Å². The molecule has 14 nitrogen and oxygen atoms in total. The topological polar surface area (TPSA) is 174 Å². The van der Waals surface area contributed by atoms with Gasteiger partial charge < -0.3 is 47.3 Å². The lowest BCUT2D eigenvalue weighted by molar-refractivity contribution is -0.00786. The number of hydrogen-bond donors (Lipinski definition) is 2. The van der Waals surface area contributed by atoms with Crippen molar-refractivity contribution >= 4 is 27.0 Å². The van der Waals surface area contributed by atoms with E-state index in [4.69, 9.17) is 37.0 Å². The molecule has 246 valence electrons. The summed E-state index contributed by atoms with van der Waals surface area (Å²) < 4.78 is 70.5. The van der Waals surface area contributed by atoms with Crippen LogP contribution in [0.4, 0.5) is 0 Å². The smallest absolute Gasteiger partial charge is 0.356 e. The van der Waals surface area contributed by atoms with E-state index < -0.39 is 40.6 Å². The Hall–Kier alpha value is -0.830. The number of aliphatic hydroxyl groups excluding tert-OH is 2. The van der Waals surface area contributed by atoms with Crippen molar-refractivity contribution in [3.05, 3.63) is 6.07 Å². The van der Waals surface area contributed by atoms with Gasteiger partial charge in [0.05, 0.1) is 43.7 Å². The first kappa shape index (κ1) is 39.2. The van der Waals surface area contributed by atoms with Crippen molar-refractivity contribution in [3.63, 3.8) is 0 Å². The number of aliphatic hydroxyl groups is 2. The molecular formula is C25H48N2O12P2S. The Balaban J connectivity index is 2.83. The van der Waals surface area contributed by atoms with Gasteiger partial charge in [-0.25, -0.2) is 0 Å². The van der Waals surface area contributed by atoms with Crippen molar-refractivity contribution in [1.29, 1.82) is 0 Å². The fourth-order valence-electron chi connectivity index (χ4n) is 3.14. The van der Waals surface area contributed by atoms with Gasteiger partial charge in [-0.05, 0) is 61.6 Å². The van der Waals surface area contributed by atoms with E-state index in [2.05, 4.69) is 9.97 Å². The molecule has 17 heteroatoms. The van der Waals surface area contributed by atoms with Gasteiger partial charge in [-0.15, -0.1) is 0 Å². The van der Waals surface area contributed by atoms with Gasteiger partial charge in [0.15, 0.2) is 5.16 Å². The van der Waals surface area contributed by atoms with Crippen molar-refractivity contribution in [3.8, 4) is 11.8 Å². The Labute approximate surface area is 253 Å². The second-order valence-electron chi connectivity index (χ2n) is 10.2. The summed E-state index contributed by atoms with van der Waals surface area (Å²) in [6, 6.07) is 1.42. The summed E-state index contributed by atoms with van der Waals surface area (Å²) in [5.74, 6) is 0.265. The molecule has 0 aliphatic heterocycles. The van der Waals surface area contributed by atoms with Crippen LogP contribution in [0.1, 0.15) is 55.4 Å². The molecule has 2 N–H and O–H groups in total. The second kappa shape index (κ2) is 19.5. The quantitative estimate of drug-likeness (QED) is 0.0936. The SMILES string of the molecule is CSc1nc(OC[C@H](CO)OCP(=O)(OC(C)C)OC(C)C)cc(OC[C@H](CO)OCP(=O)(OC(C)C)OC(C)C)n1. The normalized spacial score (nSPS) is 14.3. The van der Waals surface area contributed by atoms with Crippen molar-refractivity contribution in [2.75, 3.05) is 45.4 Å². The van der Waals surface area contributed by atoms with Crippen LogP contribution in [-0.4, -0.2) is 102 Å². The number of hydrogen-bond acceptors (Lipinski definition) is 15. The van der Waals surface area contributed by atoms with Gasteiger partial charge in [-0.3, -0.25) is 9.13 Å². The summed E-state index contributed by atoms with van der Waals surface area (Å²) in [4.78, 5) is 8.55. The Morgan fingerprint density at radius 1 is 0.690 bits per heavy atom. The largest absolute Gasteiger partial charge is 0.475 e. The van der Waals surface area contributed by atoms with Crippen LogP contribution >= 0.6 is 27.0 Å². The summed E-state index contributed by atoms with van der Waals surface area (Å²) in [6.07, 6.45) is -2.09.